The Hall–Kier alpha value is -1.18. The van der Waals surface area contributed by atoms with Gasteiger partial charge in [-0.3, -0.25) is 0 Å². The van der Waals surface area contributed by atoms with Gasteiger partial charge in [0.1, 0.15) is 11.4 Å². The van der Waals surface area contributed by atoms with Crippen molar-refractivity contribution in [3.05, 3.63) is 30.6 Å². The quantitative estimate of drug-likeness (QED) is 0.829. The molecule has 0 spiro atoms. The van der Waals surface area contributed by atoms with Gasteiger partial charge in [-0.25, -0.2) is 18.4 Å². The predicted molar refractivity (Wildman–Crippen MR) is 73.8 cm³/mol. The number of hydrogen-bond donors (Lipinski definition) is 1. The van der Waals surface area contributed by atoms with Crippen LogP contribution in [0, 0.1) is 0 Å². The van der Waals surface area contributed by atoms with Crippen LogP contribution in [0.4, 0.5) is 0 Å². The number of para-hydroxylation sites is 1. The highest BCUT2D eigenvalue weighted by atomic mass is 32.2. The first-order chi connectivity index (χ1) is 9.05. The molecule has 0 saturated carbocycles. The van der Waals surface area contributed by atoms with Crippen molar-refractivity contribution in [3.63, 3.8) is 0 Å². The van der Waals surface area contributed by atoms with Crippen molar-refractivity contribution in [3.8, 4) is 0 Å². The Morgan fingerprint density at radius 1 is 1.21 bits per heavy atom. The molecule has 19 heavy (non-hydrogen) atoms. The maximum absolute atomic E-state index is 11.5. The second-order valence-electron chi connectivity index (χ2n) is 4.50. The van der Waals surface area contributed by atoms with Crippen molar-refractivity contribution in [2.45, 2.75) is 16.4 Å². The minimum Gasteiger partial charge on any atom is -0.391 e. The van der Waals surface area contributed by atoms with Crippen LogP contribution in [0.15, 0.2) is 35.6 Å². The van der Waals surface area contributed by atoms with E-state index in [1.165, 1.54) is 18.1 Å². The number of thioether (sulfide) groups is 1. The lowest BCUT2D eigenvalue weighted by molar-refractivity contribution is 0.207. The Labute approximate surface area is 115 Å². The van der Waals surface area contributed by atoms with Crippen LogP contribution < -0.4 is 0 Å². The minimum absolute atomic E-state index is 0.00281. The molecule has 1 fully saturated rings. The van der Waals surface area contributed by atoms with Gasteiger partial charge >= 0.3 is 0 Å². The molecule has 2 atom stereocenters. The molecule has 1 aliphatic heterocycles. The second-order valence-corrected chi connectivity index (χ2v) is 7.88. The van der Waals surface area contributed by atoms with Gasteiger partial charge in [0.15, 0.2) is 9.84 Å². The SMILES string of the molecule is O=S1(=O)C[C@@H](O)[C@H](Sc2ncnc3ccccc23)C1. The molecule has 2 heterocycles. The fraction of sp³-hybridized carbons (Fsp3) is 0.333. The van der Waals surface area contributed by atoms with Gasteiger partial charge in [-0.1, -0.05) is 30.0 Å². The Morgan fingerprint density at radius 2 is 2.00 bits per heavy atom. The first kappa shape index (κ1) is 12.8. The molecule has 1 saturated heterocycles. The summed E-state index contributed by atoms with van der Waals surface area (Å²) in [7, 11) is -3.13. The predicted octanol–water partition coefficient (Wildman–Crippen LogP) is 0.880. The van der Waals surface area contributed by atoms with E-state index >= 15 is 0 Å². The van der Waals surface area contributed by atoms with Gasteiger partial charge in [-0.2, -0.15) is 0 Å². The van der Waals surface area contributed by atoms with Crippen molar-refractivity contribution in [2.24, 2.45) is 0 Å². The lowest BCUT2D eigenvalue weighted by atomic mass is 10.2. The maximum Gasteiger partial charge on any atom is 0.154 e. The lowest BCUT2D eigenvalue weighted by Gasteiger charge is -2.12. The van der Waals surface area contributed by atoms with E-state index in [0.717, 1.165) is 10.9 Å². The number of hydrogen-bond acceptors (Lipinski definition) is 6. The number of rotatable bonds is 2. The van der Waals surface area contributed by atoms with Crippen LogP contribution in [-0.2, 0) is 9.84 Å². The van der Waals surface area contributed by atoms with Gasteiger partial charge in [0, 0.05) is 5.39 Å². The summed E-state index contributed by atoms with van der Waals surface area (Å²) < 4.78 is 23.0. The highest BCUT2D eigenvalue weighted by Gasteiger charge is 2.37. The monoisotopic (exact) mass is 296 g/mol. The maximum atomic E-state index is 11.5. The molecule has 3 rings (SSSR count). The van der Waals surface area contributed by atoms with E-state index in [-0.39, 0.29) is 16.8 Å². The number of nitrogens with zero attached hydrogens (tertiary/aromatic N) is 2. The number of fused-ring (bicyclic) bond motifs is 1. The smallest absolute Gasteiger partial charge is 0.154 e. The zero-order chi connectivity index (χ0) is 13.5. The Bertz CT molecular complexity index is 712. The molecule has 1 N–H and O–H groups in total. The van der Waals surface area contributed by atoms with Crippen molar-refractivity contribution in [1.29, 1.82) is 0 Å². The van der Waals surface area contributed by atoms with E-state index in [1.807, 2.05) is 24.3 Å². The number of benzene rings is 1. The number of aliphatic hydroxyl groups is 1. The molecule has 0 bridgehead atoms. The summed E-state index contributed by atoms with van der Waals surface area (Å²) in [4.78, 5) is 8.36. The molecule has 1 aromatic carbocycles. The summed E-state index contributed by atoms with van der Waals surface area (Å²) in [6, 6.07) is 7.55. The van der Waals surface area contributed by atoms with Gasteiger partial charge in [0.05, 0.1) is 28.4 Å². The minimum atomic E-state index is -3.13. The summed E-state index contributed by atoms with van der Waals surface area (Å²) in [6.45, 7) is 0. The van der Waals surface area contributed by atoms with Crippen LogP contribution in [0.5, 0.6) is 0 Å². The summed E-state index contributed by atoms with van der Waals surface area (Å²) in [5.41, 5.74) is 0.815. The van der Waals surface area contributed by atoms with E-state index in [0.29, 0.717) is 5.03 Å². The molecule has 2 aromatic rings. The zero-order valence-corrected chi connectivity index (χ0v) is 11.6. The van der Waals surface area contributed by atoms with Crippen LogP contribution in [-0.4, -0.2) is 46.4 Å². The molecule has 100 valence electrons. The normalized spacial score (nSPS) is 25.7. The number of aromatic nitrogens is 2. The van der Waals surface area contributed by atoms with E-state index < -0.39 is 15.9 Å². The van der Waals surface area contributed by atoms with Gasteiger partial charge in [-0.05, 0) is 6.07 Å². The summed E-state index contributed by atoms with van der Waals surface area (Å²) in [5.74, 6) is -0.162. The molecule has 5 nitrogen and oxygen atoms in total. The van der Waals surface area contributed by atoms with Crippen LogP contribution in [0.25, 0.3) is 10.9 Å². The molecule has 0 amide bonds. The standard InChI is InChI=1S/C12H12N2O3S2/c15-10-5-19(16,17)6-11(10)18-12-8-3-1-2-4-9(8)13-7-14-12/h1-4,7,10-11,15H,5-6H2/t10-,11-/m1/s1. The fourth-order valence-corrected chi connectivity index (χ4v) is 5.70. The highest BCUT2D eigenvalue weighted by Crippen LogP contribution is 2.33. The average Bonchev–Trinajstić information content (AvgIpc) is 2.63. The topological polar surface area (TPSA) is 80.2 Å². The van der Waals surface area contributed by atoms with Crippen molar-refractivity contribution in [1.82, 2.24) is 9.97 Å². The number of sulfone groups is 1. The van der Waals surface area contributed by atoms with E-state index in [1.54, 1.807) is 0 Å². The molecular weight excluding hydrogens is 284 g/mol. The van der Waals surface area contributed by atoms with Gasteiger partial charge in [0.25, 0.3) is 0 Å². The Morgan fingerprint density at radius 3 is 2.74 bits per heavy atom. The van der Waals surface area contributed by atoms with Gasteiger partial charge < -0.3 is 5.11 Å². The first-order valence-electron chi connectivity index (χ1n) is 5.80. The molecule has 1 aromatic heterocycles. The zero-order valence-electron chi connectivity index (χ0n) is 9.93. The van der Waals surface area contributed by atoms with Crippen molar-refractivity contribution < 1.29 is 13.5 Å². The average molecular weight is 296 g/mol. The molecule has 0 aliphatic carbocycles. The summed E-state index contributed by atoms with van der Waals surface area (Å²) >= 11 is 1.31. The van der Waals surface area contributed by atoms with E-state index in [9.17, 15) is 13.5 Å². The van der Waals surface area contributed by atoms with Crippen molar-refractivity contribution >= 4 is 32.5 Å². The summed E-state index contributed by atoms with van der Waals surface area (Å²) in [6.07, 6.45) is 0.629. The van der Waals surface area contributed by atoms with Crippen LogP contribution in [0.2, 0.25) is 0 Å². The largest absolute Gasteiger partial charge is 0.391 e. The summed E-state index contributed by atoms with van der Waals surface area (Å²) in [5, 5.41) is 11.1. The molecule has 1 aliphatic rings. The van der Waals surface area contributed by atoms with Crippen molar-refractivity contribution in [2.75, 3.05) is 11.5 Å². The Kier molecular flexibility index (Phi) is 3.20. The highest BCUT2D eigenvalue weighted by molar-refractivity contribution is 8.02. The van der Waals surface area contributed by atoms with Gasteiger partial charge in [0.2, 0.25) is 0 Å². The fourth-order valence-electron chi connectivity index (χ4n) is 2.13. The van der Waals surface area contributed by atoms with Gasteiger partial charge in [-0.15, -0.1) is 0 Å². The number of aliphatic hydroxyl groups excluding tert-OH is 1. The lowest BCUT2D eigenvalue weighted by Crippen LogP contribution is -2.20. The first-order valence-corrected chi connectivity index (χ1v) is 8.50. The third-order valence-corrected chi connectivity index (χ3v) is 6.30. The second kappa shape index (κ2) is 4.73. The van der Waals surface area contributed by atoms with Crippen LogP contribution >= 0.6 is 11.8 Å². The van der Waals surface area contributed by atoms with E-state index in [4.69, 9.17) is 0 Å². The van der Waals surface area contributed by atoms with Crippen LogP contribution in [0.3, 0.4) is 0 Å². The molecule has 0 radical (unpaired) electrons. The Balaban J connectivity index is 1.94. The molecule has 0 unspecified atom stereocenters. The molecular formula is C12H12N2O3S2. The third-order valence-electron chi connectivity index (χ3n) is 3.04. The van der Waals surface area contributed by atoms with Crippen LogP contribution in [0.1, 0.15) is 0 Å². The van der Waals surface area contributed by atoms with E-state index in [2.05, 4.69) is 9.97 Å². The third kappa shape index (κ3) is 2.58. The molecule has 7 heteroatoms.